The average molecular weight is 471 g/mol. The molecular weight excluding hydrogens is 451 g/mol. The van der Waals surface area contributed by atoms with Crippen molar-refractivity contribution in [2.24, 2.45) is 0 Å². The summed E-state index contributed by atoms with van der Waals surface area (Å²) in [6, 6.07) is 10.9. The molecule has 0 saturated carbocycles. The Bertz CT molecular complexity index is 1340. The van der Waals surface area contributed by atoms with E-state index in [-0.39, 0.29) is 11.4 Å². The summed E-state index contributed by atoms with van der Waals surface area (Å²) in [5.41, 5.74) is 0.341. The number of benzene rings is 2. The van der Waals surface area contributed by atoms with Crippen molar-refractivity contribution >= 4 is 22.6 Å². The zero-order chi connectivity index (χ0) is 24.3. The monoisotopic (exact) mass is 471 g/mol. The number of halogens is 3. The number of carbonyl (C=O) groups is 1. The number of nitrogens with one attached hydrogen (secondary N) is 2. The maximum absolute atomic E-state index is 13.2. The van der Waals surface area contributed by atoms with E-state index in [0.29, 0.717) is 29.1 Å². The van der Waals surface area contributed by atoms with Crippen LogP contribution in [-0.2, 0) is 12.7 Å². The van der Waals surface area contributed by atoms with Gasteiger partial charge in [-0.2, -0.15) is 13.2 Å². The second-order valence-electron chi connectivity index (χ2n) is 7.26. The minimum absolute atomic E-state index is 0.0214. The Hall–Kier alpha value is -4.12. The number of hydrogen-bond acceptors (Lipinski definition) is 6. The maximum atomic E-state index is 13.2. The van der Waals surface area contributed by atoms with Crippen molar-refractivity contribution < 1.29 is 27.4 Å². The molecule has 34 heavy (non-hydrogen) atoms. The van der Waals surface area contributed by atoms with Crippen LogP contribution in [0.1, 0.15) is 11.3 Å². The molecule has 2 aromatic heterocycles. The van der Waals surface area contributed by atoms with Gasteiger partial charge in [0.25, 0.3) is 0 Å². The van der Waals surface area contributed by atoms with Gasteiger partial charge in [0.05, 0.1) is 23.9 Å². The Labute approximate surface area is 192 Å². The SMILES string of the molecule is CNCc1cc(Oc2ccc3c(ccn3C(=O)Nc3cc(OC)cc(C(F)(F)F)c3)c2)ncn1. The largest absolute Gasteiger partial charge is 0.497 e. The van der Waals surface area contributed by atoms with E-state index >= 15 is 0 Å². The zero-order valence-electron chi connectivity index (χ0n) is 18.2. The van der Waals surface area contributed by atoms with Crippen molar-refractivity contribution in [2.75, 3.05) is 19.5 Å². The lowest BCUT2D eigenvalue weighted by atomic mass is 10.2. The van der Waals surface area contributed by atoms with Gasteiger partial charge in [0.15, 0.2) is 0 Å². The molecule has 11 heteroatoms. The molecule has 0 saturated heterocycles. The lowest BCUT2D eigenvalue weighted by Crippen LogP contribution is -2.19. The molecular formula is C23H20F3N5O3. The quantitative estimate of drug-likeness (QED) is 0.409. The highest BCUT2D eigenvalue weighted by molar-refractivity contribution is 5.99. The van der Waals surface area contributed by atoms with Crippen LogP contribution in [0.4, 0.5) is 23.7 Å². The molecule has 0 unspecified atom stereocenters. The standard InChI is InChI=1S/C23H20F3N5O3/c1-27-12-17-11-21(29-13-28-17)34-18-3-4-20-14(7-18)5-6-31(20)22(32)30-16-8-15(23(24,25)26)9-19(10-16)33-2/h3-11,13,27H,12H2,1-2H3,(H,30,32). The van der Waals surface area contributed by atoms with Crippen molar-refractivity contribution in [3.8, 4) is 17.4 Å². The molecule has 0 spiro atoms. The summed E-state index contributed by atoms with van der Waals surface area (Å²) < 4.78 is 51.5. The van der Waals surface area contributed by atoms with E-state index in [9.17, 15) is 18.0 Å². The maximum Gasteiger partial charge on any atom is 0.416 e. The van der Waals surface area contributed by atoms with Crippen molar-refractivity contribution in [3.63, 3.8) is 0 Å². The predicted molar refractivity (Wildman–Crippen MR) is 119 cm³/mol. The van der Waals surface area contributed by atoms with Gasteiger partial charge in [-0.15, -0.1) is 0 Å². The van der Waals surface area contributed by atoms with E-state index < -0.39 is 17.8 Å². The topological polar surface area (TPSA) is 90.3 Å². The number of hydrogen-bond donors (Lipinski definition) is 2. The highest BCUT2D eigenvalue weighted by Gasteiger charge is 2.31. The van der Waals surface area contributed by atoms with Gasteiger partial charge >= 0.3 is 12.2 Å². The third-order valence-electron chi connectivity index (χ3n) is 4.88. The molecule has 0 aliphatic carbocycles. The van der Waals surface area contributed by atoms with Crippen molar-refractivity contribution in [1.29, 1.82) is 0 Å². The number of alkyl halides is 3. The molecule has 4 rings (SSSR count). The fourth-order valence-corrected chi connectivity index (χ4v) is 3.33. The fourth-order valence-electron chi connectivity index (χ4n) is 3.33. The Morgan fingerprint density at radius 1 is 1.06 bits per heavy atom. The van der Waals surface area contributed by atoms with Crippen LogP contribution in [0.3, 0.4) is 0 Å². The van der Waals surface area contributed by atoms with Gasteiger partial charge in [0.2, 0.25) is 5.88 Å². The lowest BCUT2D eigenvalue weighted by Gasteiger charge is -2.13. The van der Waals surface area contributed by atoms with Crippen LogP contribution in [0, 0.1) is 0 Å². The number of rotatable bonds is 6. The summed E-state index contributed by atoms with van der Waals surface area (Å²) in [6.07, 6.45) is -1.66. The van der Waals surface area contributed by atoms with Crippen LogP contribution in [0.5, 0.6) is 17.4 Å². The number of ether oxygens (including phenoxy) is 2. The van der Waals surface area contributed by atoms with E-state index in [2.05, 4.69) is 20.6 Å². The number of amides is 1. The molecule has 0 aliphatic rings. The van der Waals surface area contributed by atoms with E-state index in [4.69, 9.17) is 9.47 Å². The van der Waals surface area contributed by atoms with Gasteiger partial charge in [-0.05, 0) is 43.4 Å². The number of aromatic nitrogens is 3. The summed E-state index contributed by atoms with van der Waals surface area (Å²) in [5, 5.41) is 6.18. The van der Waals surface area contributed by atoms with Gasteiger partial charge in [0, 0.05) is 35.9 Å². The Morgan fingerprint density at radius 3 is 2.62 bits per heavy atom. The van der Waals surface area contributed by atoms with Gasteiger partial charge in [-0.1, -0.05) is 0 Å². The summed E-state index contributed by atoms with van der Waals surface area (Å²) >= 11 is 0. The van der Waals surface area contributed by atoms with Crippen LogP contribution in [0.15, 0.2) is 61.1 Å². The lowest BCUT2D eigenvalue weighted by molar-refractivity contribution is -0.137. The first-order valence-electron chi connectivity index (χ1n) is 10.1. The summed E-state index contributed by atoms with van der Waals surface area (Å²) in [5.74, 6) is 0.851. The third-order valence-corrected chi connectivity index (χ3v) is 4.88. The van der Waals surface area contributed by atoms with Crippen molar-refractivity contribution in [1.82, 2.24) is 19.9 Å². The zero-order valence-corrected chi connectivity index (χ0v) is 18.2. The molecule has 2 aromatic carbocycles. The number of anilines is 1. The van der Waals surface area contributed by atoms with Crippen molar-refractivity contribution in [3.05, 3.63) is 72.3 Å². The smallest absolute Gasteiger partial charge is 0.416 e. The van der Waals surface area contributed by atoms with Gasteiger partial charge in [-0.3, -0.25) is 4.57 Å². The molecule has 0 fully saturated rings. The normalized spacial score (nSPS) is 11.4. The molecule has 2 N–H and O–H groups in total. The first-order valence-corrected chi connectivity index (χ1v) is 10.1. The van der Waals surface area contributed by atoms with Crippen LogP contribution in [-0.4, -0.2) is 34.7 Å². The first kappa shape index (κ1) is 23.1. The van der Waals surface area contributed by atoms with E-state index in [0.717, 1.165) is 17.8 Å². The first-order chi connectivity index (χ1) is 16.3. The summed E-state index contributed by atoms with van der Waals surface area (Å²) in [7, 11) is 3.06. The van der Waals surface area contributed by atoms with Gasteiger partial charge < -0.3 is 20.1 Å². The Kier molecular flexibility index (Phi) is 6.37. The molecule has 0 aliphatic heterocycles. The highest BCUT2D eigenvalue weighted by atomic mass is 19.4. The minimum atomic E-state index is -4.58. The van der Waals surface area contributed by atoms with E-state index in [1.165, 1.54) is 30.3 Å². The molecule has 0 bridgehead atoms. The van der Waals surface area contributed by atoms with Crippen LogP contribution >= 0.6 is 0 Å². The molecule has 1 amide bonds. The number of fused-ring (bicyclic) bond motifs is 1. The average Bonchev–Trinajstić information content (AvgIpc) is 3.22. The molecule has 4 aromatic rings. The summed E-state index contributed by atoms with van der Waals surface area (Å²) in [6.45, 7) is 0.563. The fraction of sp³-hybridized carbons (Fsp3) is 0.174. The van der Waals surface area contributed by atoms with Crippen molar-refractivity contribution in [2.45, 2.75) is 12.7 Å². The van der Waals surface area contributed by atoms with Gasteiger partial charge in [-0.25, -0.2) is 14.8 Å². The van der Waals surface area contributed by atoms with Gasteiger partial charge in [0.1, 0.15) is 17.8 Å². The predicted octanol–water partition coefficient (Wildman–Crippen LogP) is 5.05. The molecule has 176 valence electrons. The van der Waals surface area contributed by atoms with Crippen LogP contribution < -0.4 is 20.1 Å². The summed E-state index contributed by atoms with van der Waals surface area (Å²) in [4.78, 5) is 21.0. The number of carbonyl (C=O) groups excluding carboxylic acids is 1. The third kappa shape index (κ3) is 5.09. The molecule has 2 heterocycles. The number of methoxy groups -OCH3 is 1. The minimum Gasteiger partial charge on any atom is -0.497 e. The van der Waals surface area contributed by atoms with Crippen LogP contribution in [0.2, 0.25) is 0 Å². The second kappa shape index (κ2) is 9.40. The molecule has 0 radical (unpaired) electrons. The van der Waals surface area contributed by atoms with E-state index in [1.54, 1.807) is 37.4 Å². The highest BCUT2D eigenvalue weighted by Crippen LogP contribution is 2.34. The Balaban J connectivity index is 1.55. The van der Waals surface area contributed by atoms with Crippen LogP contribution in [0.25, 0.3) is 10.9 Å². The molecule has 0 atom stereocenters. The number of nitrogens with zero attached hydrogens (tertiary/aromatic N) is 3. The molecule has 8 nitrogen and oxygen atoms in total. The Morgan fingerprint density at radius 2 is 1.88 bits per heavy atom. The van der Waals surface area contributed by atoms with E-state index in [1.807, 2.05) is 0 Å². The second-order valence-corrected chi connectivity index (χ2v) is 7.26.